The maximum Gasteiger partial charge on any atom is 0.417 e. The number of hydrogen-bond acceptors (Lipinski definition) is 2. The minimum atomic E-state index is -4.58. The van der Waals surface area contributed by atoms with Crippen molar-refractivity contribution in [2.24, 2.45) is 0 Å². The molecule has 0 fully saturated rings. The van der Waals surface area contributed by atoms with Gasteiger partial charge in [-0.3, -0.25) is 9.59 Å². The summed E-state index contributed by atoms with van der Waals surface area (Å²) in [6, 6.07) is 1.56. The zero-order valence-electron chi connectivity index (χ0n) is 7.44. The third-order valence-corrected chi connectivity index (χ3v) is 2.88. The van der Waals surface area contributed by atoms with Gasteiger partial charge in [-0.1, -0.05) is 0 Å². The lowest BCUT2D eigenvalue weighted by Gasteiger charge is -2.11. The molecule has 0 radical (unpaired) electrons. The SMILES string of the molecule is O=Cc1cc(I)c(C(F)(F)F)cc1C(=O)Cl. The van der Waals surface area contributed by atoms with Crippen molar-refractivity contribution in [3.05, 3.63) is 32.4 Å². The average molecular weight is 362 g/mol. The van der Waals surface area contributed by atoms with Crippen molar-refractivity contribution in [2.75, 3.05) is 0 Å². The Balaban J connectivity index is 3.51. The largest absolute Gasteiger partial charge is 0.417 e. The van der Waals surface area contributed by atoms with Crippen LogP contribution in [0.2, 0.25) is 0 Å². The molecule has 0 amide bonds. The van der Waals surface area contributed by atoms with Gasteiger partial charge in [-0.2, -0.15) is 13.2 Å². The summed E-state index contributed by atoms with van der Waals surface area (Å²) in [7, 11) is 0. The Morgan fingerprint density at radius 2 is 1.94 bits per heavy atom. The van der Waals surface area contributed by atoms with E-state index in [4.69, 9.17) is 11.6 Å². The van der Waals surface area contributed by atoms with Gasteiger partial charge >= 0.3 is 6.18 Å². The Bertz CT molecular complexity index is 457. The van der Waals surface area contributed by atoms with Crippen LogP contribution in [0.5, 0.6) is 0 Å². The Labute approximate surface area is 107 Å². The summed E-state index contributed by atoms with van der Waals surface area (Å²) in [6.07, 6.45) is -4.29. The summed E-state index contributed by atoms with van der Waals surface area (Å²) in [4.78, 5) is 21.4. The van der Waals surface area contributed by atoms with Crippen LogP contribution in [0.3, 0.4) is 0 Å². The summed E-state index contributed by atoms with van der Waals surface area (Å²) < 4.78 is 37.3. The number of halogens is 5. The number of benzene rings is 1. The van der Waals surface area contributed by atoms with E-state index in [2.05, 4.69) is 0 Å². The van der Waals surface area contributed by atoms with E-state index in [1.54, 1.807) is 0 Å². The van der Waals surface area contributed by atoms with Crippen LogP contribution in [0.4, 0.5) is 13.2 Å². The molecule has 1 aromatic rings. The first kappa shape index (κ1) is 13.4. The van der Waals surface area contributed by atoms with Gasteiger partial charge in [0.1, 0.15) is 0 Å². The number of rotatable bonds is 2. The summed E-state index contributed by atoms with van der Waals surface area (Å²) >= 11 is 6.54. The van der Waals surface area contributed by atoms with Crippen molar-refractivity contribution >= 4 is 45.7 Å². The maximum atomic E-state index is 12.5. The molecular weight excluding hydrogens is 359 g/mol. The monoisotopic (exact) mass is 362 g/mol. The fourth-order valence-electron chi connectivity index (χ4n) is 1.07. The standard InChI is InChI=1S/C9H3ClF3IO2/c10-8(16)5-2-6(9(11,12)13)7(14)1-4(5)3-15/h1-3H. The number of hydrogen-bond donors (Lipinski definition) is 0. The summed E-state index contributed by atoms with van der Waals surface area (Å²) in [6.45, 7) is 0. The van der Waals surface area contributed by atoms with Crippen LogP contribution < -0.4 is 0 Å². The van der Waals surface area contributed by atoms with Gasteiger partial charge in [0.15, 0.2) is 6.29 Å². The summed E-state index contributed by atoms with van der Waals surface area (Å²) in [5.41, 5.74) is -1.58. The van der Waals surface area contributed by atoms with Crippen LogP contribution in [0, 0.1) is 3.57 Å². The first-order valence-corrected chi connectivity index (χ1v) is 5.28. The third-order valence-electron chi connectivity index (χ3n) is 1.78. The highest BCUT2D eigenvalue weighted by Crippen LogP contribution is 2.34. The molecule has 0 spiro atoms. The lowest BCUT2D eigenvalue weighted by atomic mass is 10.1. The molecule has 0 atom stereocenters. The molecule has 2 nitrogen and oxygen atoms in total. The highest BCUT2D eigenvalue weighted by molar-refractivity contribution is 14.1. The predicted octanol–water partition coefficient (Wildman–Crippen LogP) is 3.50. The zero-order valence-corrected chi connectivity index (χ0v) is 10.4. The third kappa shape index (κ3) is 2.73. The molecule has 0 aromatic heterocycles. The first-order chi connectivity index (χ1) is 7.27. The molecule has 0 unspecified atom stereocenters. The molecule has 1 aromatic carbocycles. The van der Waals surface area contributed by atoms with Gasteiger partial charge in [0.2, 0.25) is 0 Å². The molecule has 16 heavy (non-hydrogen) atoms. The number of carbonyl (C=O) groups is 2. The summed E-state index contributed by atoms with van der Waals surface area (Å²) in [5.74, 6) is 0. The predicted molar refractivity (Wildman–Crippen MR) is 59.7 cm³/mol. The Hall–Kier alpha value is -0.630. The smallest absolute Gasteiger partial charge is 0.298 e. The fourth-order valence-corrected chi connectivity index (χ4v) is 2.03. The minimum absolute atomic E-state index is 0.155. The lowest BCUT2D eigenvalue weighted by Crippen LogP contribution is -2.10. The van der Waals surface area contributed by atoms with Gasteiger partial charge in [-0.05, 0) is 46.3 Å². The second-order valence-corrected chi connectivity index (χ2v) is 4.31. The average Bonchev–Trinajstić information content (AvgIpc) is 2.14. The van der Waals surface area contributed by atoms with E-state index in [9.17, 15) is 22.8 Å². The van der Waals surface area contributed by atoms with E-state index in [1.807, 2.05) is 0 Å². The van der Waals surface area contributed by atoms with Crippen LogP contribution in [0.15, 0.2) is 12.1 Å². The number of carbonyl (C=O) groups excluding carboxylic acids is 2. The molecule has 7 heteroatoms. The Kier molecular flexibility index (Phi) is 3.95. The number of alkyl halides is 3. The van der Waals surface area contributed by atoms with Gasteiger partial charge in [-0.25, -0.2) is 0 Å². The molecule has 0 aliphatic heterocycles. The summed E-state index contributed by atoms with van der Waals surface area (Å²) in [5, 5.41) is -1.09. The number of aldehydes is 1. The molecule has 0 saturated heterocycles. The Morgan fingerprint density at radius 1 is 1.38 bits per heavy atom. The van der Waals surface area contributed by atoms with E-state index in [1.165, 1.54) is 22.6 Å². The van der Waals surface area contributed by atoms with E-state index in [0.29, 0.717) is 6.07 Å². The lowest BCUT2D eigenvalue weighted by molar-refractivity contribution is -0.138. The van der Waals surface area contributed by atoms with E-state index < -0.39 is 22.5 Å². The molecule has 1 rings (SSSR count). The van der Waals surface area contributed by atoms with Crippen LogP contribution in [0.1, 0.15) is 26.3 Å². The maximum absolute atomic E-state index is 12.5. The molecule has 86 valence electrons. The molecule has 0 aliphatic carbocycles. The van der Waals surface area contributed by atoms with Crippen molar-refractivity contribution in [2.45, 2.75) is 6.18 Å². The molecule has 0 aliphatic rings. The van der Waals surface area contributed by atoms with Crippen molar-refractivity contribution in [3.8, 4) is 0 Å². The van der Waals surface area contributed by atoms with Gasteiger partial charge < -0.3 is 0 Å². The van der Waals surface area contributed by atoms with Crippen molar-refractivity contribution in [1.29, 1.82) is 0 Å². The quantitative estimate of drug-likeness (QED) is 0.458. The van der Waals surface area contributed by atoms with Gasteiger partial charge in [0.25, 0.3) is 5.24 Å². The zero-order chi connectivity index (χ0) is 12.5. The first-order valence-electron chi connectivity index (χ1n) is 3.83. The topological polar surface area (TPSA) is 34.1 Å². The van der Waals surface area contributed by atoms with Crippen molar-refractivity contribution in [1.82, 2.24) is 0 Å². The second-order valence-electron chi connectivity index (χ2n) is 2.81. The van der Waals surface area contributed by atoms with Gasteiger partial charge in [-0.15, -0.1) is 0 Å². The molecule has 0 N–H and O–H groups in total. The van der Waals surface area contributed by atoms with Gasteiger partial charge in [0.05, 0.1) is 5.56 Å². The highest BCUT2D eigenvalue weighted by atomic mass is 127. The highest BCUT2D eigenvalue weighted by Gasteiger charge is 2.34. The molecular formula is C9H3ClF3IO2. The second kappa shape index (κ2) is 4.70. The molecule has 0 heterocycles. The molecule has 0 bridgehead atoms. The van der Waals surface area contributed by atoms with E-state index >= 15 is 0 Å². The van der Waals surface area contributed by atoms with Crippen LogP contribution in [-0.4, -0.2) is 11.5 Å². The van der Waals surface area contributed by atoms with Crippen LogP contribution >= 0.6 is 34.2 Å². The minimum Gasteiger partial charge on any atom is -0.298 e. The molecule has 0 saturated carbocycles. The van der Waals surface area contributed by atoms with Gasteiger partial charge in [0, 0.05) is 14.7 Å². The van der Waals surface area contributed by atoms with E-state index in [0.717, 1.165) is 6.07 Å². The van der Waals surface area contributed by atoms with Crippen LogP contribution in [0.25, 0.3) is 0 Å². The van der Waals surface area contributed by atoms with Crippen LogP contribution in [-0.2, 0) is 6.18 Å². The van der Waals surface area contributed by atoms with E-state index in [-0.39, 0.29) is 15.4 Å². The van der Waals surface area contributed by atoms with Crippen molar-refractivity contribution in [3.63, 3.8) is 0 Å². The normalized spacial score (nSPS) is 11.3. The van der Waals surface area contributed by atoms with Crippen molar-refractivity contribution < 1.29 is 22.8 Å². The fraction of sp³-hybridized carbons (Fsp3) is 0.111. The Morgan fingerprint density at radius 3 is 2.31 bits per heavy atom.